The summed E-state index contributed by atoms with van der Waals surface area (Å²) in [4.78, 5) is 15.7. The van der Waals surface area contributed by atoms with E-state index >= 15 is 0 Å². The molecule has 0 aliphatic heterocycles. The number of hydrogen-bond donors (Lipinski definition) is 0. The van der Waals surface area contributed by atoms with Gasteiger partial charge in [-0.05, 0) is 34.2 Å². The molecule has 4 aromatic rings. The number of hydrogen-bond acceptors (Lipinski definition) is 2. The lowest BCUT2D eigenvalue weighted by Gasteiger charge is -2.12. The van der Waals surface area contributed by atoms with E-state index in [1.54, 1.807) is 0 Å². The van der Waals surface area contributed by atoms with E-state index in [1.165, 1.54) is 16.3 Å². The third-order valence-electron chi connectivity index (χ3n) is 4.58. The number of carbonyl (C=O) groups is 1. The van der Waals surface area contributed by atoms with Crippen LogP contribution in [0.4, 0.5) is 0 Å². The normalized spacial score (nSPS) is 11.0. The minimum atomic E-state index is 0.391. The van der Waals surface area contributed by atoms with Gasteiger partial charge in [0.05, 0.1) is 5.69 Å². The molecule has 0 saturated carbocycles. The predicted octanol–water partition coefficient (Wildman–Crippen LogP) is 5.10. The van der Waals surface area contributed by atoms with E-state index in [0.29, 0.717) is 6.42 Å². The van der Waals surface area contributed by atoms with Gasteiger partial charge in [0.2, 0.25) is 0 Å². The second kappa shape index (κ2) is 5.89. The van der Waals surface area contributed by atoms with Gasteiger partial charge in [0.1, 0.15) is 6.29 Å². The summed E-state index contributed by atoms with van der Waals surface area (Å²) in [5, 5.41) is 4.64. The minimum Gasteiger partial charge on any atom is -0.303 e. The zero-order valence-corrected chi connectivity index (χ0v) is 13.5. The van der Waals surface area contributed by atoms with E-state index in [1.807, 2.05) is 18.3 Å². The Bertz CT molecular complexity index is 1070. The summed E-state index contributed by atoms with van der Waals surface area (Å²) in [5.41, 5.74) is 4.33. The number of rotatable bonds is 3. The Kier molecular flexibility index (Phi) is 3.58. The van der Waals surface area contributed by atoms with Gasteiger partial charge in [-0.15, -0.1) is 0 Å². The van der Waals surface area contributed by atoms with Crippen LogP contribution in [0.15, 0.2) is 66.9 Å². The van der Waals surface area contributed by atoms with Crippen molar-refractivity contribution in [2.75, 3.05) is 0 Å². The first-order valence-corrected chi connectivity index (χ1v) is 8.08. The Balaban J connectivity index is 2.07. The fourth-order valence-corrected chi connectivity index (χ4v) is 3.39. The molecule has 0 unspecified atom stereocenters. The number of pyridine rings is 1. The standard InChI is InChI=1S/C22H17NO/c1-15-6-4-10-19-17(15)9-5-11-21(19)22-20-8-3-2-7-18(20)16(12-13-24)14-23-22/h2-11,13-14H,12H2,1H3. The van der Waals surface area contributed by atoms with Crippen molar-refractivity contribution in [2.45, 2.75) is 13.3 Å². The zero-order valence-electron chi connectivity index (χ0n) is 13.5. The number of aldehydes is 1. The molecule has 0 spiro atoms. The lowest BCUT2D eigenvalue weighted by atomic mass is 9.95. The quantitative estimate of drug-likeness (QED) is 0.492. The third kappa shape index (κ3) is 2.28. The van der Waals surface area contributed by atoms with Crippen LogP contribution in [0, 0.1) is 6.92 Å². The summed E-state index contributed by atoms with van der Waals surface area (Å²) in [6.45, 7) is 2.13. The molecule has 4 rings (SSSR count). The van der Waals surface area contributed by atoms with E-state index in [4.69, 9.17) is 4.98 Å². The maximum atomic E-state index is 11.0. The lowest BCUT2D eigenvalue weighted by molar-refractivity contribution is -0.107. The van der Waals surface area contributed by atoms with Crippen molar-refractivity contribution in [1.82, 2.24) is 4.98 Å². The SMILES string of the molecule is Cc1cccc2c(-c3ncc(CC=O)c4ccccc34)cccc12. The summed E-state index contributed by atoms with van der Waals surface area (Å²) >= 11 is 0. The van der Waals surface area contributed by atoms with E-state index in [9.17, 15) is 4.79 Å². The van der Waals surface area contributed by atoms with Gasteiger partial charge in [-0.2, -0.15) is 0 Å². The average Bonchev–Trinajstić information content (AvgIpc) is 2.62. The fourth-order valence-electron chi connectivity index (χ4n) is 3.39. The van der Waals surface area contributed by atoms with Gasteiger partial charge in [0, 0.05) is 23.6 Å². The lowest BCUT2D eigenvalue weighted by Crippen LogP contribution is -1.94. The molecule has 0 aliphatic rings. The van der Waals surface area contributed by atoms with E-state index in [-0.39, 0.29) is 0 Å². The summed E-state index contributed by atoms with van der Waals surface area (Å²) in [7, 11) is 0. The Hall–Kier alpha value is -3.00. The van der Waals surface area contributed by atoms with Crippen molar-refractivity contribution >= 4 is 27.8 Å². The molecule has 2 nitrogen and oxygen atoms in total. The van der Waals surface area contributed by atoms with Crippen molar-refractivity contribution in [3.63, 3.8) is 0 Å². The van der Waals surface area contributed by atoms with Gasteiger partial charge in [-0.1, -0.05) is 60.7 Å². The molecular formula is C22H17NO. The van der Waals surface area contributed by atoms with Crippen molar-refractivity contribution in [1.29, 1.82) is 0 Å². The van der Waals surface area contributed by atoms with Crippen molar-refractivity contribution < 1.29 is 4.79 Å². The van der Waals surface area contributed by atoms with Crippen LogP contribution >= 0.6 is 0 Å². The number of fused-ring (bicyclic) bond motifs is 2. The summed E-state index contributed by atoms with van der Waals surface area (Å²) in [6.07, 6.45) is 3.16. The molecule has 0 radical (unpaired) electrons. The highest BCUT2D eigenvalue weighted by Crippen LogP contribution is 2.34. The maximum Gasteiger partial charge on any atom is 0.124 e. The number of carbonyl (C=O) groups excluding carboxylic acids is 1. The van der Waals surface area contributed by atoms with Crippen LogP contribution in [-0.4, -0.2) is 11.3 Å². The predicted molar refractivity (Wildman–Crippen MR) is 99.2 cm³/mol. The van der Waals surface area contributed by atoms with Gasteiger partial charge in [0.15, 0.2) is 0 Å². The molecule has 3 aromatic carbocycles. The van der Waals surface area contributed by atoms with Crippen LogP contribution in [0.2, 0.25) is 0 Å². The van der Waals surface area contributed by atoms with Crippen LogP contribution in [0.5, 0.6) is 0 Å². The molecule has 0 bridgehead atoms. The van der Waals surface area contributed by atoms with Gasteiger partial charge in [0.25, 0.3) is 0 Å². The first kappa shape index (κ1) is 14.6. The van der Waals surface area contributed by atoms with Crippen LogP contribution in [0.1, 0.15) is 11.1 Å². The Morgan fingerprint density at radius 2 is 1.54 bits per heavy atom. The second-order valence-corrected chi connectivity index (χ2v) is 6.02. The molecule has 0 saturated heterocycles. The van der Waals surface area contributed by atoms with E-state index < -0.39 is 0 Å². The Morgan fingerprint density at radius 3 is 2.38 bits per heavy atom. The van der Waals surface area contributed by atoms with Crippen molar-refractivity contribution in [2.24, 2.45) is 0 Å². The summed E-state index contributed by atoms with van der Waals surface area (Å²) < 4.78 is 0. The molecule has 2 heteroatoms. The molecular weight excluding hydrogens is 294 g/mol. The molecule has 0 N–H and O–H groups in total. The van der Waals surface area contributed by atoms with Gasteiger partial charge in [-0.25, -0.2) is 0 Å². The molecule has 1 heterocycles. The number of aromatic nitrogens is 1. The molecule has 24 heavy (non-hydrogen) atoms. The van der Waals surface area contributed by atoms with Crippen LogP contribution in [0.3, 0.4) is 0 Å². The second-order valence-electron chi connectivity index (χ2n) is 6.02. The van der Waals surface area contributed by atoms with Crippen molar-refractivity contribution in [3.05, 3.63) is 78.0 Å². The van der Waals surface area contributed by atoms with Crippen LogP contribution in [0.25, 0.3) is 32.8 Å². The monoisotopic (exact) mass is 311 g/mol. The van der Waals surface area contributed by atoms with Gasteiger partial charge >= 0.3 is 0 Å². The first-order chi connectivity index (χ1) is 11.8. The largest absolute Gasteiger partial charge is 0.303 e. The Morgan fingerprint density at radius 1 is 0.833 bits per heavy atom. The zero-order chi connectivity index (χ0) is 16.5. The third-order valence-corrected chi connectivity index (χ3v) is 4.58. The highest BCUT2D eigenvalue weighted by Gasteiger charge is 2.12. The molecule has 116 valence electrons. The molecule has 0 fully saturated rings. The molecule has 0 aliphatic carbocycles. The molecule has 0 amide bonds. The summed E-state index contributed by atoms with van der Waals surface area (Å²) in [6, 6.07) is 20.9. The van der Waals surface area contributed by atoms with Crippen LogP contribution < -0.4 is 0 Å². The number of benzene rings is 3. The van der Waals surface area contributed by atoms with E-state index in [0.717, 1.165) is 33.9 Å². The Labute approximate surface area is 140 Å². The average molecular weight is 311 g/mol. The van der Waals surface area contributed by atoms with Crippen molar-refractivity contribution in [3.8, 4) is 11.3 Å². The number of nitrogens with zero attached hydrogens (tertiary/aromatic N) is 1. The fraction of sp³-hybridized carbons (Fsp3) is 0.0909. The topological polar surface area (TPSA) is 30.0 Å². The van der Waals surface area contributed by atoms with Crippen LogP contribution in [-0.2, 0) is 11.2 Å². The molecule has 0 atom stereocenters. The first-order valence-electron chi connectivity index (χ1n) is 8.08. The highest BCUT2D eigenvalue weighted by molar-refractivity contribution is 6.05. The van der Waals surface area contributed by atoms with E-state index in [2.05, 4.69) is 55.5 Å². The summed E-state index contributed by atoms with van der Waals surface area (Å²) in [5.74, 6) is 0. The number of aryl methyl sites for hydroxylation is 1. The smallest absolute Gasteiger partial charge is 0.124 e. The highest BCUT2D eigenvalue weighted by atomic mass is 16.1. The molecule has 1 aromatic heterocycles. The minimum absolute atomic E-state index is 0.391. The maximum absolute atomic E-state index is 11.0. The van der Waals surface area contributed by atoms with Gasteiger partial charge < -0.3 is 4.79 Å². The van der Waals surface area contributed by atoms with Gasteiger partial charge in [-0.3, -0.25) is 4.98 Å².